The van der Waals surface area contributed by atoms with Gasteiger partial charge in [-0.2, -0.15) is 9.97 Å². The third-order valence-electron chi connectivity index (χ3n) is 4.28. The predicted octanol–water partition coefficient (Wildman–Crippen LogP) is 3.32. The Morgan fingerprint density at radius 3 is 2.28 bits per heavy atom. The Balaban J connectivity index is 0.00000182. The maximum absolute atomic E-state index is 6.19. The van der Waals surface area contributed by atoms with Gasteiger partial charge in [0.25, 0.3) is 0 Å². The van der Waals surface area contributed by atoms with Crippen LogP contribution < -0.4 is 5.73 Å². The fourth-order valence-electron chi connectivity index (χ4n) is 2.63. The lowest BCUT2D eigenvalue weighted by atomic mass is 9.77. The monoisotopic (exact) mass is 381 g/mol. The van der Waals surface area contributed by atoms with Gasteiger partial charge in [-0.15, -0.1) is 12.4 Å². The van der Waals surface area contributed by atoms with Gasteiger partial charge in [0.2, 0.25) is 17.6 Å². The summed E-state index contributed by atoms with van der Waals surface area (Å²) in [5.41, 5.74) is 6.63. The largest absolute Gasteiger partial charge is 0.339 e. The van der Waals surface area contributed by atoms with Gasteiger partial charge < -0.3 is 14.8 Å². The molecule has 1 fully saturated rings. The molecular weight excluding hydrogens is 365 g/mol. The molecule has 2 heterocycles. The molecular formula is C16H17Cl2N5O2. The summed E-state index contributed by atoms with van der Waals surface area (Å²) in [6, 6.07) is 7.27. The molecule has 0 unspecified atom stereocenters. The van der Waals surface area contributed by atoms with Crippen molar-refractivity contribution in [3.8, 4) is 11.4 Å². The smallest absolute Gasteiger partial charge is 0.227 e. The third kappa shape index (κ3) is 3.68. The zero-order chi connectivity index (χ0) is 16.6. The SMILES string of the molecule is Cl.NC1(c2noc(CCc3nc(-c4ccc(Cl)cc4)no3)n2)CCC1. The molecule has 0 bridgehead atoms. The minimum Gasteiger partial charge on any atom is -0.339 e. The van der Waals surface area contributed by atoms with Crippen molar-refractivity contribution in [1.29, 1.82) is 0 Å². The number of benzene rings is 1. The second-order valence-corrected chi connectivity index (χ2v) is 6.48. The van der Waals surface area contributed by atoms with Gasteiger partial charge in [-0.25, -0.2) is 0 Å². The van der Waals surface area contributed by atoms with Crippen LogP contribution in [0.3, 0.4) is 0 Å². The number of hydrogen-bond acceptors (Lipinski definition) is 7. The normalized spacial score (nSPS) is 15.4. The Bertz CT molecular complexity index is 842. The van der Waals surface area contributed by atoms with E-state index >= 15 is 0 Å². The summed E-state index contributed by atoms with van der Waals surface area (Å²) in [5.74, 6) is 2.18. The first-order chi connectivity index (χ1) is 11.6. The van der Waals surface area contributed by atoms with Gasteiger partial charge >= 0.3 is 0 Å². The minimum absolute atomic E-state index is 0. The van der Waals surface area contributed by atoms with Crippen LogP contribution in [0.5, 0.6) is 0 Å². The van der Waals surface area contributed by atoms with Gasteiger partial charge in [-0.3, -0.25) is 0 Å². The highest BCUT2D eigenvalue weighted by atomic mass is 35.5. The van der Waals surface area contributed by atoms with Gasteiger partial charge in [0.05, 0.1) is 5.54 Å². The maximum atomic E-state index is 6.19. The lowest BCUT2D eigenvalue weighted by Crippen LogP contribution is -2.44. The number of rotatable bonds is 5. The summed E-state index contributed by atoms with van der Waals surface area (Å²) < 4.78 is 10.5. The van der Waals surface area contributed by atoms with Crippen LogP contribution in [0, 0.1) is 0 Å². The summed E-state index contributed by atoms with van der Waals surface area (Å²) in [6.07, 6.45) is 3.97. The van der Waals surface area contributed by atoms with Gasteiger partial charge in [0.1, 0.15) is 0 Å². The van der Waals surface area contributed by atoms with E-state index in [4.69, 9.17) is 26.4 Å². The van der Waals surface area contributed by atoms with Crippen LogP contribution in [0.2, 0.25) is 5.02 Å². The molecule has 0 saturated heterocycles. The molecule has 9 heteroatoms. The number of halogens is 2. The fraction of sp³-hybridized carbons (Fsp3) is 0.375. The second kappa shape index (κ2) is 7.11. The Morgan fingerprint density at radius 2 is 1.64 bits per heavy atom. The fourth-order valence-corrected chi connectivity index (χ4v) is 2.75. The van der Waals surface area contributed by atoms with Crippen LogP contribution >= 0.6 is 24.0 Å². The van der Waals surface area contributed by atoms with Crippen LogP contribution in [0.15, 0.2) is 33.3 Å². The predicted molar refractivity (Wildman–Crippen MR) is 93.4 cm³/mol. The van der Waals surface area contributed by atoms with Crippen molar-refractivity contribution in [2.45, 2.75) is 37.6 Å². The van der Waals surface area contributed by atoms with Crippen molar-refractivity contribution >= 4 is 24.0 Å². The van der Waals surface area contributed by atoms with Crippen molar-refractivity contribution in [2.75, 3.05) is 0 Å². The van der Waals surface area contributed by atoms with Gasteiger partial charge in [-0.1, -0.05) is 21.9 Å². The Labute approximate surface area is 155 Å². The highest BCUT2D eigenvalue weighted by Gasteiger charge is 2.38. The van der Waals surface area contributed by atoms with Crippen molar-refractivity contribution in [3.63, 3.8) is 0 Å². The molecule has 0 spiro atoms. The first-order valence-electron chi connectivity index (χ1n) is 7.83. The molecule has 1 saturated carbocycles. The maximum Gasteiger partial charge on any atom is 0.227 e. The highest BCUT2D eigenvalue weighted by Crippen LogP contribution is 2.36. The number of nitrogens with zero attached hydrogens (tertiary/aromatic N) is 4. The first kappa shape index (κ1) is 17.8. The lowest BCUT2D eigenvalue weighted by Gasteiger charge is -2.34. The molecule has 0 radical (unpaired) electrons. The molecule has 1 aliphatic carbocycles. The van der Waals surface area contributed by atoms with Crippen LogP contribution in [0.25, 0.3) is 11.4 Å². The van der Waals surface area contributed by atoms with Crippen molar-refractivity contribution in [2.24, 2.45) is 5.73 Å². The van der Waals surface area contributed by atoms with Crippen molar-refractivity contribution in [1.82, 2.24) is 20.3 Å². The van der Waals surface area contributed by atoms with Gasteiger partial charge in [0.15, 0.2) is 5.82 Å². The highest BCUT2D eigenvalue weighted by molar-refractivity contribution is 6.30. The molecule has 25 heavy (non-hydrogen) atoms. The quantitative estimate of drug-likeness (QED) is 0.722. The van der Waals surface area contributed by atoms with E-state index in [0.717, 1.165) is 24.8 Å². The minimum atomic E-state index is -0.409. The number of aromatic nitrogens is 4. The van der Waals surface area contributed by atoms with Crippen LogP contribution in [0.4, 0.5) is 0 Å². The van der Waals surface area contributed by atoms with E-state index in [0.29, 0.717) is 41.3 Å². The van der Waals surface area contributed by atoms with E-state index in [2.05, 4.69) is 20.3 Å². The summed E-state index contributed by atoms with van der Waals surface area (Å²) >= 11 is 5.87. The molecule has 3 aromatic rings. The standard InChI is InChI=1S/C16H16ClN5O2.ClH/c17-11-4-2-10(3-5-11)14-19-12(23-21-14)6-7-13-20-15(22-24-13)16(18)8-1-9-16;/h2-5H,1,6-9,18H2;1H. The zero-order valence-corrected chi connectivity index (χ0v) is 14.9. The second-order valence-electron chi connectivity index (χ2n) is 6.04. The molecule has 0 amide bonds. The molecule has 2 N–H and O–H groups in total. The van der Waals surface area contributed by atoms with E-state index in [1.807, 2.05) is 12.1 Å². The van der Waals surface area contributed by atoms with E-state index in [9.17, 15) is 0 Å². The Kier molecular flexibility index (Phi) is 5.08. The molecule has 4 rings (SSSR count). The van der Waals surface area contributed by atoms with Crippen LogP contribution in [-0.4, -0.2) is 20.3 Å². The molecule has 0 aliphatic heterocycles. The van der Waals surface area contributed by atoms with Gasteiger partial charge in [-0.05, 0) is 43.5 Å². The number of aryl methyl sites for hydroxylation is 2. The van der Waals surface area contributed by atoms with E-state index < -0.39 is 5.54 Å². The van der Waals surface area contributed by atoms with Crippen molar-refractivity contribution in [3.05, 3.63) is 46.9 Å². The van der Waals surface area contributed by atoms with E-state index in [-0.39, 0.29) is 12.4 Å². The Morgan fingerprint density at radius 1 is 1.00 bits per heavy atom. The van der Waals surface area contributed by atoms with Crippen molar-refractivity contribution < 1.29 is 9.05 Å². The van der Waals surface area contributed by atoms with Crippen LogP contribution in [-0.2, 0) is 18.4 Å². The number of nitrogens with two attached hydrogens (primary N) is 1. The average Bonchev–Trinajstić information content (AvgIpc) is 3.21. The molecule has 132 valence electrons. The summed E-state index contributed by atoms with van der Waals surface area (Å²) in [6.45, 7) is 0. The Hall–Kier alpha value is -1.96. The molecule has 0 atom stereocenters. The molecule has 7 nitrogen and oxygen atoms in total. The van der Waals surface area contributed by atoms with E-state index in [1.165, 1.54) is 0 Å². The summed E-state index contributed by atoms with van der Waals surface area (Å²) in [5, 5.41) is 8.64. The van der Waals surface area contributed by atoms with Crippen LogP contribution in [0.1, 0.15) is 36.9 Å². The van der Waals surface area contributed by atoms with E-state index in [1.54, 1.807) is 12.1 Å². The van der Waals surface area contributed by atoms with Gasteiger partial charge in [0, 0.05) is 23.4 Å². The molecule has 1 aromatic carbocycles. The zero-order valence-electron chi connectivity index (χ0n) is 13.3. The summed E-state index contributed by atoms with van der Waals surface area (Å²) in [4.78, 5) is 8.76. The summed E-state index contributed by atoms with van der Waals surface area (Å²) in [7, 11) is 0. The lowest BCUT2D eigenvalue weighted by molar-refractivity contribution is 0.229. The molecule has 1 aliphatic rings. The average molecular weight is 382 g/mol. The third-order valence-corrected chi connectivity index (χ3v) is 4.53. The number of hydrogen-bond donors (Lipinski definition) is 1. The molecule has 2 aromatic heterocycles. The topological polar surface area (TPSA) is 104 Å². The first-order valence-corrected chi connectivity index (χ1v) is 8.21.